The average molecular weight is 75.8 g/mol. The maximum absolute atomic E-state index is 0. The summed E-state index contributed by atoms with van der Waals surface area (Å²) < 4.78 is 0. The molecule has 0 unspecified atom stereocenters. The summed E-state index contributed by atoms with van der Waals surface area (Å²) in [5.41, 5.74) is 0. The van der Waals surface area contributed by atoms with Crippen LogP contribution in [0.15, 0.2) is 0 Å². The van der Waals surface area contributed by atoms with Crippen LogP contribution in [-0.2, 0) is 0 Å². The molecule has 0 rings (SSSR count). The predicted octanol–water partition coefficient (Wildman–Crippen LogP) is 1.64. The minimum Gasteiger partial charge on any atom is -0.0776 e. The van der Waals surface area contributed by atoms with Gasteiger partial charge < -0.3 is 0 Å². The van der Waals surface area contributed by atoms with Gasteiger partial charge in [0.1, 0.15) is 0 Å². The van der Waals surface area contributed by atoms with E-state index in [-0.39, 0.29) is 42.0 Å². The Bertz CT molecular complexity index is 10.9. The Morgan fingerprint density at radius 3 is 0.600 bits per heavy atom. The highest BCUT2D eigenvalue weighted by molar-refractivity contribution is 5.76. The fourth-order valence-corrected chi connectivity index (χ4v) is 0. The first kappa shape index (κ1) is 5190. The minimum absolute atomic E-state index is 0. The summed E-state index contributed by atoms with van der Waals surface area (Å²) in [7, 11) is 0. The third kappa shape index (κ3) is 1110. The highest BCUT2D eigenvalue weighted by Crippen LogP contribution is 0.146. The van der Waals surface area contributed by atoms with Gasteiger partial charge >= 0.3 is 0 Å². The lowest BCUT2D eigenvalue weighted by Crippen LogP contribution is -0.382. The molecule has 0 aliphatic carbocycles. The quantitative estimate of drug-likeness (QED) is 0.384. The van der Waals surface area contributed by atoms with Crippen LogP contribution in [0.4, 0.5) is 0 Å². The molecule has 0 N–H and O–H groups in total. The van der Waals surface area contributed by atoms with Crippen molar-refractivity contribution in [1.29, 1.82) is 0 Å². The molecule has 0 saturated carbocycles. The lowest BCUT2D eigenvalue weighted by molar-refractivity contribution is 2.50. The second kappa shape index (κ2) is 2400. The van der Waals surface area contributed by atoms with Crippen LogP contribution in [0, 0.1) is 0 Å². The Morgan fingerprint density at radius 1 is 0.600 bits per heavy atom. The largest absolute Gasteiger partial charge is 0.0776 e. The third-order valence-corrected chi connectivity index (χ3v) is 0. The Morgan fingerprint density at radius 2 is 0.600 bits per heavy atom. The van der Waals surface area contributed by atoms with Crippen LogP contribution in [0.3, 0.4) is 0 Å². The molecule has 0 spiro atoms. The highest BCUT2D eigenvalue weighted by atomic mass is 12.0. The second-order valence-corrected chi connectivity index (χ2v) is 0. The van der Waals surface area contributed by atoms with Crippen molar-refractivity contribution in [1.82, 2.24) is 0 Å². The molecule has 5 heavy (non-hydrogen) atoms. The van der Waals surface area contributed by atoms with Crippen molar-refractivity contribution in [3.05, 3.63) is 0 Å². The molecular formula is C3H16B2. The van der Waals surface area contributed by atoms with Crippen molar-refractivity contribution in [3.63, 3.8) is 0 Å². The SMILES string of the molecule is C.C.C.[2HH].[2HH].[B].[B]. The van der Waals surface area contributed by atoms with Crippen LogP contribution in [0.25, 0.3) is 0 Å². The van der Waals surface area contributed by atoms with Crippen molar-refractivity contribution in [3.8, 4) is 0 Å². The van der Waals surface area contributed by atoms with Crippen LogP contribution < -0.4 is 0 Å². The first-order valence-corrected chi connectivity index (χ1v) is 0. The molecule has 0 aliphatic rings. The second-order valence-electron chi connectivity index (χ2n) is 0. The molecule has 0 saturated heterocycles. The van der Waals surface area contributed by atoms with Gasteiger partial charge in [0.15, 0.2) is 0 Å². The van der Waals surface area contributed by atoms with E-state index in [4.69, 9.17) is 0 Å². The summed E-state index contributed by atoms with van der Waals surface area (Å²) >= 11 is 0. The minimum atomic E-state index is 0. The summed E-state index contributed by atoms with van der Waals surface area (Å²) in [6.45, 7) is 0. The molecule has 0 aromatic rings. The van der Waals surface area contributed by atoms with Gasteiger partial charge in [-0.3, -0.25) is 0 Å². The smallest absolute Gasteiger partial charge is 0 e. The molecule has 0 aromatic heterocycles. The van der Waals surface area contributed by atoms with Gasteiger partial charge in [-0.15, -0.1) is 0 Å². The Hall–Kier alpha value is 0.130. The van der Waals surface area contributed by atoms with Crippen molar-refractivity contribution < 1.29 is 2.85 Å². The van der Waals surface area contributed by atoms with Gasteiger partial charge in [0, 0.05) is 19.7 Å². The highest BCUT2D eigenvalue weighted by Gasteiger charge is 0.00108. The lowest BCUT2D eigenvalue weighted by atomic mass is 10.8. The molecule has 0 heterocycles. The van der Waals surface area contributed by atoms with Crippen LogP contribution in [0.2, 0.25) is 0 Å². The summed E-state index contributed by atoms with van der Waals surface area (Å²) in [5, 5.41) is 0. The molecule has 6 radical (unpaired) electrons. The monoisotopic (exact) mass is 76.2 g/mol. The number of rotatable bonds is 0. The van der Waals surface area contributed by atoms with Gasteiger partial charge in [-0.2, -0.15) is 0 Å². The third-order valence-electron chi connectivity index (χ3n) is 0. The zero-order valence-electron chi connectivity index (χ0n) is 1.15. The maximum atomic E-state index is 0. The summed E-state index contributed by atoms with van der Waals surface area (Å²) in [4.78, 5) is 0. The number of hydrogen-bond donors (Lipinski definition) is 0. The van der Waals surface area contributed by atoms with E-state index in [1.54, 1.807) is 0 Å². The van der Waals surface area contributed by atoms with Gasteiger partial charge in [0.05, 0.1) is 0 Å². The van der Waals surface area contributed by atoms with Gasteiger partial charge in [0.2, 0.25) is 0 Å². The predicted molar refractivity (Wildman–Crippen MR) is 35.9 cm³/mol. The van der Waals surface area contributed by atoms with Crippen LogP contribution >= 0.6 is 0 Å². The maximum Gasteiger partial charge on any atom is 0 e. The Labute approximate surface area is 43.1 Å². The van der Waals surface area contributed by atoms with Gasteiger partial charge in [-0.1, -0.05) is 22.3 Å². The van der Waals surface area contributed by atoms with Crippen LogP contribution in [0.5, 0.6) is 0 Å². The van der Waals surface area contributed by atoms with Gasteiger partial charge in [0.25, 0.3) is 0 Å². The van der Waals surface area contributed by atoms with Crippen molar-refractivity contribution in [2.24, 2.45) is 0 Å². The topological polar surface area (TPSA) is 0 Å². The fraction of sp³-hybridized carbons (Fsp3) is 1.00. The standard InChI is InChI=1S/3CH4.2B.2H2/h3*1H4;;;2*1H/i;;;;;2*1+1. The molecule has 0 nitrogen and oxygen atoms in total. The Balaban J connectivity index is 0. The van der Waals surface area contributed by atoms with E-state index in [2.05, 4.69) is 0 Å². The molecule has 34 valence electrons. The zero-order chi connectivity index (χ0) is 0. The van der Waals surface area contributed by atoms with E-state index in [1.165, 1.54) is 0 Å². The van der Waals surface area contributed by atoms with Crippen molar-refractivity contribution in [2.75, 3.05) is 0 Å². The summed E-state index contributed by atoms with van der Waals surface area (Å²) in [6, 6.07) is 0. The van der Waals surface area contributed by atoms with E-state index in [9.17, 15) is 0 Å². The molecule has 0 aromatic carbocycles. The van der Waals surface area contributed by atoms with Gasteiger partial charge in [-0.25, -0.2) is 0 Å². The lowest BCUT2D eigenvalue weighted by Gasteiger charge is -0.0786. The van der Waals surface area contributed by atoms with Crippen LogP contribution in [0.1, 0.15) is 25.1 Å². The Kier molecular flexibility index (Phi) is 2490000. The van der Waals surface area contributed by atoms with E-state index in [0.29, 0.717) is 0 Å². The summed E-state index contributed by atoms with van der Waals surface area (Å²) in [6.07, 6.45) is 0. The van der Waals surface area contributed by atoms with Crippen molar-refractivity contribution in [2.45, 2.75) is 22.3 Å². The normalized spacial score (nSPS) is 0. The fourth-order valence-electron chi connectivity index (χ4n) is 0. The van der Waals surface area contributed by atoms with E-state index in [0.717, 1.165) is 0 Å². The molecule has 2 heteroatoms. The molecule has 0 atom stereocenters. The molecular weight excluding hydrogens is 57.7 g/mol. The van der Waals surface area contributed by atoms with Gasteiger partial charge in [-0.05, 0) is 0 Å². The molecule has 0 amide bonds. The van der Waals surface area contributed by atoms with E-state index in [1.807, 2.05) is 0 Å². The van der Waals surface area contributed by atoms with E-state index < -0.39 is 0 Å². The molecule has 0 aliphatic heterocycles. The zero-order valence-corrected chi connectivity index (χ0v) is 1.15. The first-order valence-electron chi connectivity index (χ1n) is 0. The van der Waals surface area contributed by atoms with Crippen molar-refractivity contribution >= 4 is 16.8 Å². The first-order chi connectivity index (χ1) is 0. The van der Waals surface area contributed by atoms with E-state index >= 15 is 0 Å². The van der Waals surface area contributed by atoms with Crippen LogP contribution in [-0.4, -0.2) is 16.8 Å². The number of hydrogen-bond acceptors (Lipinski definition) is 0. The average Bonchev–Trinajstić information content (AvgIpc) is 0. The molecule has 0 bridgehead atoms. The summed E-state index contributed by atoms with van der Waals surface area (Å²) in [5.74, 6) is 0. The molecule has 0 fully saturated rings.